The van der Waals surface area contributed by atoms with Crippen LogP contribution in [0.4, 0.5) is 10.1 Å². The Bertz CT molecular complexity index is 656. The van der Waals surface area contributed by atoms with E-state index in [1.807, 2.05) is 0 Å². The van der Waals surface area contributed by atoms with Crippen molar-refractivity contribution in [3.63, 3.8) is 0 Å². The third-order valence-corrected chi connectivity index (χ3v) is 2.44. The van der Waals surface area contributed by atoms with E-state index in [1.165, 1.54) is 42.6 Å². The number of hydrazone groups is 1. The minimum absolute atomic E-state index is 0.0516. The molecule has 0 radical (unpaired) electrons. The van der Waals surface area contributed by atoms with Gasteiger partial charge in [-0.3, -0.25) is 10.1 Å². The van der Waals surface area contributed by atoms with Gasteiger partial charge in [0.25, 0.3) is 0 Å². The van der Waals surface area contributed by atoms with Crippen LogP contribution >= 0.6 is 0 Å². The second-order valence-electron chi connectivity index (χ2n) is 3.82. The predicted octanol–water partition coefficient (Wildman–Crippen LogP) is 2.82. The van der Waals surface area contributed by atoms with Crippen LogP contribution in [0, 0.1) is 15.9 Å². The molecule has 6 nitrogen and oxygen atoms in total. The van der Waals surface area contributed by atoms with Crippen molar-refractivity contribution >= 4 is 11.9 Å². The zero-order chi connectivity index (χ0) is 14.5. The molecular formula is C13H10FN3O3. The molecule has 0 amide bonds. The molecule has 0 aliphatic heterocycles. The Balaban J connectivity index is 2.35. The van der Waals surface area contributed by atoms with Crippen LogP contribution in [0.3, 0.4) is 0 Å². The lowest BCUT2D eigenvalue weighted by Crippen LogP contribution is -1.96. The quantitative estimate of drug-likeness (QED) is 0.402. The van der Waals surface area contributed by atoms with Gasteiger partial charge in [-0.25, -0.2) is 4.39 Å². The maximum atomic E-state index is 12.8. The standard InChI is InChI=1S/C13H10FN3O3/c14-10-2-4-11(5-3-10)20-13-6-1-9(8-16-15)7-12(13)17(18)19/h1-8H,15H2. The highest BCUT2D eigenvalue weighted by atomic mass is 19.1. The van der Waals surface area contributed by atoms with Crippen LogP contribution in [-0.4, -0.2) is 11.1 Å². The maximum absolute atomic E-state index is 12.8. The summed E-state index contributed by atoms with van der Waals surface area (Å²) in [6, 6.07) is 9.46. The summed E-state index contributed by atoms with van der Waals surface area (Å²) in [4.78, 5) is 10.4. The van der Waals surface area contributed by atoms with Gasteiger partial charge in [-0.15, -0.1) is 0 Å². The molecule has 0 heterocycles. The average Bonchev–Trinajstić information content (AvgIpc) is 2.43. The first-order valence-electron chi connectivity index (χ1n) is 5.55. The van der Waals surface area contributed by atoms with E-state index < -0.39 is 10.7 Å². The summed E-state index contributed by atoms with van der Waals surface area (Å²) >= 11 is 0. The number of rotatable bonds is 4. The molecule has 2 aromatic rings. The number of benzene rings is 2. The first-order chi connectivity index (χ1) is 9.60. The monoisotopic (exact) mass is 275 g/mol. The summed E-state index contributed by atoms with van der Waals surface area (Å²) in [6.07, 6.45) is 1.29. The second-order valence-corrected chi connectivity index (χ2v) is 3.82. The third kappa shape index (κ3) is 3.08. The summed E-state index contributed by atoms with van der Waals surface area (Å²) < 4.78 is 18.2. The van der Waals surface area contributed by atoms with Crippen molar-refractivity contribution in [2.24, 2.45) is 10.9 Å². The fraction of sp³-hybridized carbons (Fsp3) is 0. The zero-order valence-electron chi connectivity index (χ0n) is 10.2. The molecule has 20 heavy (non-hydrogen) atoms. The van der Waals surface area contributed by atoms with E-state index in [0.717, 1.165) is 0 Å². The minimum atomic E-state index is -0.577. The molecule has 0 aromatic heterocycles. The van der Waals surface area contributed by atoms with Crippen molar-refractivity contribution in [3.05, 3.63) is 64.0 Å². The fourth-order valence-corrected chi connectivity index (χ4v) is 1.56. The predicted molar refractivity (Wildman–Crippen MR) is 71.4 cm³/mol. The van der Waals surface area contributed by atoms with Gasteiger partial charge < -0.3 is 10.6 Å². The number of halogens is 1. The first-order valence-corrected chi connectivity index (χ1v) is 5.55. The number of nitrogens with two attached hydrogens (primary N) is 1. The van der Waals surface area contributed by atoms with Crippen molar-refractivity contribution in [1.82, 2.24) is 0 Å². The first kappa shape index (κ1) is 13.5. The van der Waals surface area contributed by atoms with Crippen LogP contribution in [0.15, 0.2) is 47.6 Å². The molecule has 2 rings (SSSR count). The van der Waals surface area contributed by atoms with Gasteiger partial charge >= 0.3 is 5.69 Å². The summed E-state index contributed by atoms with van der Waals surface area (Å²) in [6.45, 7) is 0. The van der Waals surface area contributed by atoms with Gasteiger partial charge in [0.1, 0.15) is 11.6 Å². The maximum Gasteiger partial charge on any atom is 0.312 e. The average molecular weight is 275 g/mol. The van der Waals surface area contributed by atoms with Gasteiger partial charge in [-0.1, -0.05) is 0 Å². The minimum Gasteiger partial charge on any atom is -0.450 e. The van der Waals surface area contributed by atoms with Gasteiger partial charge in [0.15, 0.2) is 0 Å². The Kier molecular flexibility index (Phi) is 3.90. The molecular weight excluding hydrogens is 265 g/mol. The van der Waals surface area contributed by atoms with Crippen molar-refractivity contribution in [2.75, 3.05) is 0 Å². The summed E-state index contributed by atoms with van der Waals surface area (Å²) in [5.74, 6) is 4.93. The third-order valence-electron chi connectivity index (χ3n) is 2.44. The number of nitro groups is 1. The highest BCUT2D eigenvalue weighted by molar-refractivity contribution is 5.81. The molecule has 0 fully saturated rings. The van der Waals surface area contributed by atoms with Crippen LogP contribution < -0.4 is 10.6 Å². The Morgan fingerprint density at radius 2 is 1.95 bits per heavy atom. The zero-order valence-corrected chi connectivity index (χ0v) is 10.2. The van der Waals surface area contributed by atoms with Crippen molar-refractivity contribution in [2.45, 2.75) is 0 Å². The van der Waals surface area contributed by atoms with Gasteiger partial charge in [-0.05, 0) is 36.4 Å². The molecule has 0 spiro atoms. The van der Waals surface area contributed by atoms with Crippen molar-refractivity contribution in [3.8, 4) is 11.5 Å². The Morgan fingerprint density at radius 3 is 2.55 bits per heavy atom. The Labute approximate surface area is 113 Å². The van der Waals surface area contributed by atoms with E-state index in [2.05, 4.69) is 5.10 Å². The van der Waals surface area contributed by atoms with Gasteiger partial charge in [-0.2, -0.15) is 5.10 Å². The molecule has 2 aromatic carbocycles. The molecule has 0 saturated carbocycles. The van der Waals surface area contributed by atoms with Gasteiger partial charge in [0.05, 0.1) is 11.1 Å². The molecule has 0 bridgehead atoms. The van der Waals surface area contributed by atoms with Crippen LogP contribution in [0.2, 0.25) is 0 Å². The second kappa shape index (κ2) is 5.79. The summed E-state index contributed by atoms with van der Waals surface area (Å²) in [7, 11) is 0. The molecule has 0 unspecified atom stereocenters. The summed E-state index contributed by atoms with van der Waals surface area (Å²) in [5, 5.41) is 14.3. The highest BCUT2D eigenvalue weighted by Gasteiger charge is 2.16. The van der Waals surface area contributed by atoms with Crippen LogP contribution in [0.1, 0.15) is 5.56 Å². The lowest BCUT2D eigenvalue weighted by atomic mass is 10.2. The molecule has 0 aliphatic carbocycles. The summed E-state index contributed by atoms with van der Waals surface area (Å²) in [5.41, 5.74) is 0.248. The van der Waals surface area contributed by atoms with Gasteiger partial charge in [0, 0.05) is 11.6 Å². The largest absolute Gasteiger partial charge is 0.450 e. The topological polar surface area (TPSA) is 90.8 Å². The number of hydrogen-bond donors (Lipinski definition) is 1. The van der Waals surface area contributed by atoms with Crippen LogP contribution in [0.25, 0.3) is 0 Å². The van der Waals surface area contributed by atoms with E-state index in [9.17, 15) is 14.5 Å². The fourth-order valence-electron chi connectivity index (χ4n) is 1.56. The smallest absolute Gasteiger partial charge is 0.312 e. The van der Waals surface area contributed by atoms with Crippen molar-refractivity contribution < 1.29 is 14.1 Å². The van der Waals surface area contributed by atoms with Gasteiger partial charge in [0.2, 0.25) is 5.75 Å². The lowest BCUT2D eigenvalue weighted by molar-refractivity contribution is -0.385. The van der Waals surface area contributed by atoms with Crippen LogP contribution in [0.5, 0.6) is 11.5 Å². The molecule has 0 saturated heterocycles. The number of nitro benzene ring substituents is 1. The van der Waals surface area contributed by atoms with Crippen LogP contribution in [-0.2, 0) is 0 Å². The molecule has 0 aliphatic rings. The Morgan fingerprint density at radius 1 is 1.25 bits per heavy atom. The number of hydrogen-bond acceptors (Lipinski definition) is 5. The van der Waals surface area contributed by atoms with E-state index in [4.69, 9.17) is 10.6 Å². The highest BCUT2D eigenvalue weighted by Crippen LogP contribution is 2.31. The van der Waals surface area contributed by atoms with E-state index in [0.29, 0.717) is 11.3 Å². The van der Waals surface area contributed by atoms with E-state index >= 15 is 0 Å². The molecule has 7 heteroatoms. The lowest BCUT2D eigenvalue weighted by Gasteiger charge is -2.06. The molecule has 102 valence electrons. The number of ether oxygens (including phenoxy) is 1. The normalized spacial score (nSPS) is 10.7. The van der Waals surface area contributed by atoms with E-state index in [-0.39, 0.29) is 11.4 Å². The Hall–Kier alpha value is -2.96. The number of nitrogens with zero attached hydrogens (tertiary/aromatic N) is 2. The molecule has 2 N–H and O–H groups in total. The van der Waals surface area contributed by atoms with E-state index in [1.54, 1.807) is 6.07 Å². The van der Waals surface area contributed by atoms with Crippen molar-refractivity contribution in [1.29, 1.82) is 0 Å². The SMILES string of the molecule is NN=Cc1ccc(Oc2ccc(F)cc2)c([N+](=O)[O-])c1. The molecule has 0 atom stereocenters.